The number of hydrogen-bond donors (Lipinski definition) is 1. The van der Waals surface area contributed by atoms with Gasteiger partial charge in [-0.3, -0.25) is 4.98 Å². The first kappa shape index (κ1) is 18.0. The van der Waals surface area contributed by atoms with E-state index in [4.69, 9.17) is 0 Å². The quantitative estimate of drug-likeness (QED) is 0.897. The molecule has 25 heavy (non-hydrogen) atoms. The maximum absolute atomic E-state index is 12.8. The van der Waals surface area contributed by atoms with Crippen molar-refractivity contribution in [3.05, 3.63) is 35.5 Å². The van der Waals surface area contributed by atoms with E-state index in [-0.39, 0.29) is 0 Å². The highest BCUT2D eigenvalue weighted by Gasteiger charge is 2.44. The topological polar surface area (TPSA) is 36.4 Å². The van der Waals surface area contributed by atoms with Crippen molar-refractivity contribution in [3.63, 3.8) is 0 Å². The second-order valence-corrected chi connectivity index (χ2v) is 6.71. The third-order valence-corrected chi connectivity index (χ3v) is 5.16. The molecule has 1 aromatic heterocycles. The molecule has 0 saturated carbocycles. The Balaban J connectivity index is 1.91. The number of hydrogen-bond acceptors (Lipinski definition) is 3. The van der Waals surface area contributed by atoms with Gasteiger partial charge in [-0.1, -0.05) is 25.1 Å². The van der Waals surface area contributed by atoms with E-state index in [9.17, 15) is 18.3 Å². The molecule has 1 aliphatic heterocycles. The van der Waals surface area contributed by atoms with Crippen LogP contribution in [0.4, 0.5) is 18.9 Å². The summed E-state index contributed by atoms with van der Waals surface area (Å²) in [6.07, 6.45) is -5.28. The van der Waals surface area contributed by atoms with Gasteiger partial charge in [-0.05, 0) is 43.7 Å². The third kappa shape index (κ3) is 3.45. The maximum atomic E-state index is 12.8. The Bertz CT molecular complexity index is 752. The first-order valence-electron chi connectivity index (χ1n) is 8.70. The molecule has 1 fully saturated rings. The lowest BCUT2D eigenvalue weighted by molar-refractivity contribution is -0.221. The van der Waals surface area contributed by atoms with Crippen molar-refractivity contribution in [2.75, 3.05) is 18.0 Å². The van der Waals surface area contributed by atoms with Gasteiger partial charge in [0.05, 0.1) is 11.2 Å². The van der Waals surface area contributed by atoms with Gasteiger partial charge in [0.25, 0.3) is 0 Å². The number of pyridine rings is 1. The molecule has 0 amide bonds. The van der Waals surface area contributed by atoms with E-state index in [0.717, 1.165) is 34.3 Å². The molecule has 3 rings (SSSR count). The van der Waals surface area contributed by atoms with Gasteiger partial charge >= 0.3 is 6.18 Å². The van der Waals surface area contributed by atoms with Gasteiger partial charge in [0.15, 0.2) is 6.10 Å². The number of benzene rings is 1. The van der Waals surface area contributed by atoms with Crippen LogP contribution in [-0.2, 0) is 6.42 Å². The Labute approximate surface area is 145 Å². The Morgan fingerprint density at radius 3 is 2.48 bits per heavy atom. The van der Waals surface area contributed by atoms with Gasteiger partial charge in [-0.25, -0.2) is 0 Å². The lowest BCUT2D eigenvalue weighted by atomic mass is 9.90. The minimum Gasteiger partial charge on any atom is -0.383 e. The van der Waals surface area contributed by atoms with E-state index in [2.05, 4.69) is 16.8 Å². The predicted molar refractivity (Wildman–Crippen MR) is 92.9 cm³/mol. The Kier molecular flexibility index (Phi) is 4.91. The molecule has 2 heterocycles. The molecule has 1 N–H and O–H groups in total. The summed E-state index contributed by atoms with van der Waals surface area (Å²) in [5.41, 5.74) is 4.11. The number of alkyl halides is 3. The van der Waals surface area contributed by atoms with Crippen LogP contribution in [-0.4, -0.2) is 35.5 Å². The molecule has 0 aliphatic carbocycles. The summed E-state index contributed by atoms with van der Waals surface area (Å²) < 4.78 is 38.3. The molecule has 0 bridgehead atoms. The van der Waals surface area contributed by atoms with Gasteiger partial charge < -0.3 is 10.0 Å². The average Bonchev–Trinajstić information content (AvgIpc) is 2.59. The molecule has 136 valence electrons. The number of anilines is 1. The largest absolute Gasteiger partial charge is 0.414 e. The van der Waals surface area contributed by atoms with Crippen LogP contribution in [0.15, 0.2) is 24.3 Å². The van der Waals surface area contributed by atoms with Crippen LogP contribution < -0.4 is 4.90 Å². The number of halogens is 3. The number of rotatable bonds is 3. The molecule has 0 spiro atoms. The number of piperidine rings is 1. The van der Waals surface area contributed by atoms with Crippen LogP contribution in [0.3, 0.4) is 0 Å². The standard InChI is InChI=1S/C19H23F3N2O/c1-3-14-12(2)23-16-7-5-4-6-15(16)17(14)24-10-8-13(9-11-24)18(25)19(20,21)22/h4-7,13,18,25H,3,8-11H2,1-2H3. The third-order valence-electron chi connectivity index (χ3n) is 5.16. The van der Waals surface area contributed by atoms with Gasteiger partial charge in [-0.15, -0.1) is 0 Å². The lowest BCUT2D eigenvalue weighted by Crippen LogP contribution is -2.43. The van der Waals surface area contributed by atoms with Crippen molar-refractivity contribution in [1.29, 1.82) is 0 Å². The van der Waals surface area contributed by atoms with E-state index in [1.807, 2.05) is 31.2 Å². The van der Waals surface area contributed by atoms with Crippen molar-refractivity contribution in [2.24, 2.45) is 5.92 Å². The summed E-state index contributed by atoms with van der Waals surface area (Å²) in [5.74, 6) is -0.726. The maximum Gasteiger partial charge on any atom is 0.414 e. The highest BCUT2D eigenvalue weighted by atomic mass is 19.4. The summed E-state index contributed by atoms with van der Waals surface area (Å²) in [4.78, 5) is 6.82. The highest BCUT2D eigenvalue weighted by molar-refractivity contribution is 5.94. The first-order valence-corrected chi connectivity index (χ1v) is 8.70. The average molecular weight is 352 g/mol. The van der Waals surface area contributed by atoms with Crippen LogP contribution in [0, 0.1) is 12.8 Å². The van der Waals surface area contributed by atoms with E-state index < -0.39 is 18.2 Å². The van der Waals surface area contributed by atoms with Gasteiger partial charge in [-0.2, -0.15) is 13.2 Å². The lowest BCUT2D eigenvalue weighted by Gasteiger charge is -2.37. The number of para-hydroxylation sites is 1. The fourth-order valence-electron chi connectivity index (χ4n) is 3.84. The second kappa shape index (κ2) is 6.83. The summed E-state index contributed by atoms with van der Waals surface area (Å²) in [6.45, 7) is 5.08. The highest BCUT2D eigenvalue weighted by Crippen LogP contribution is 2.37. The smallest absolute Gasteiger partial charge is 0.383 e. The number of fused-ring (bicyclic) bond motifs is 1. The predicted octanol–water partition coefficient (Wildman–Crippen LogP) is 4.25. The molecule has 1 aliphatic rings. The Morgan fingerprint density at radius 2 is 1.88 bits per heavy atom. The summed E-state index contributed by atoms with van der Waals surface area (Å²) in [7, 11) is 0. The molecule has 1 saturated heterocycles. The first-order chi connectivity index (χ1) is 11.8. The molecule has 1 unspecified atom stereocenters. The normalized spacial score (nSPS) is 17.9. The van der Waals surface area contributed by atoms with Crippen LogP contribution in [0.2, 0.25) is 0 Å². The summed E-state index contributed by atoms with van der Waals surface area (Å²) in [5, 5.41) is 10.6. The molecular formula is C19H23F3N2O. The van der Waals surface area contributed by atoms with E-state index >= 15 is 0 Å². The SMILES string of the molecule is CCc1c(C)nc2ccccc2c1N1CCC(C(O)C(F)(F)F)CC1. The number of nitrogens with zero attached hydrogens (tertiary/aromatic N) is 2. The molecule has 1 atom stereocenters. The van der Waals surface area contributed by atoms with Crippen LogP contribution >= 0.6 is 0 Å². The molecule has 6 heteroatoms. The fraction of sp³-hybridized carbons (Fsp3) is 0.526. The second-order valence-electron chi connectivity index (χ2n) is 6.71. The van der Waals surface area contributed by atoms with Gasteiger partial charge in [0, 0.05) is 24.2 Å². The van der Waals surface area contributed by atoms with Crippen molar-refractivity contribution in [2.45, 2.75) is 45.4 Å². The fourth-order valence-corrected chi connectivity index (χ4v) is 3.84. The molecule has 2 aromatic rings. The van der Waals surface area contributed by atoms with Crippen molar-refractivity contribution in [1.82, 2.24) is 4.98 Å². The minimum absolute atomic E-state index is 0.333. The number of aryl methyl sites for hydroxylation is 1. The van der Waals surface area contributed by atoms with E-state index in [0.29, 0.717) is 25.9 Å². The van der Waals surface area contributed by atoms with E-state index in [1.54, 1.807) is 0 Å². The zero-order valence-electron chi connectivity index (χ0n) is 14.5. The number of aromatic nitrogens is 1. The zero-order valence-corrected chi connectivity index (χ0v) is 14.5. The summed E-state index contributed by atoms with van der Waals surface area (Å²) >= 11 is 0. The number of aliphatic hydroxyl groups excluding tert-OH is 1. The molecular weight excluding hydrogens is 329 g/mol. The van der Waals surface area contributed by atoms with Crippen LogP contribution in [0.1, 0.15) is 31.0 Å². The summed E-state index contributed by atoms with van der Waals surface area (Å²) in [6, 6.07) is 7.89. The van der Waals surface area contributed by atoms with Crippen molar-refractivity contribution < 1.29 is 18.3 Å². The van der Waals surface area contributed by atoms with E-state index in [1.165, 1.54) is 0 Å². The van der Waals surface area contributed by atoms with Crippen LogP contribution in [0.5, 0.6) is 0 Å². The molecule has 1 aromatic carbocycles. The van der Waals surface area contributed by atoms with Crippen LogP contribution in [0.25, 0.3) is 10.9 Å². The number of aliphatic hydroxyl groups is 1. The van der Waals surface area contributed by atoms with Crippen molar-refractivity contribution in [3.8, 4) is 0 Å². The Hall–Kier alpha value is -1.82. The van der Waals surface area contributed by atoms with Crippen molar-refractivity contribution >= 4 is 16.6 Å². The molecule has 3 nitrogen and oxygen atoms in total. The zero-order chi connectivity index (χ0) is 18.2. The Morgan fingerprint density at radius 1 is 1.24 bits per heavy atom. The van der Waals surface area contributed by atoms with Gasteiger partial charge in [0.1, 0.15) is 0 Å². The minimum atomic E-state index is -4.54. The molecule has 0 radical (unpaired) electrons. The monoisotopic (exact) mass is 352 g/mol. The van der Waals surface area contributed by atoms with Gasteiger partial charge in [0.2, 0.25) is 0 Å².